The molecule has 0 aliphatic carbocycles. The maximum absolute atomic E-state index is 13.4. The maximum Gasteiger partial charge on any atom is 0.264 e. The largest absolute Gasteiger partial charge is 0.494 e. The SMILES string of the molecule is CCOc1ccc([C@H](C)NC(=O)CN(c2ccc(Cl)c(Cl)c2)S(=O)(=O)c2ccccc2)cc1. The van der Waals surface area contributed by atoms with Gasteiger partial charge in [-0.1, -0.05) is 53.5 Å². The van der Waals surface area contributed by atoms with Crippen LogP contribution in [0.1, 0.15) is 25.5 Å². The lowest BCUT2D eigenvalue weighted by Gasteiger charge is -2.25. The Hall–Kier alpha value is -2.74. The molecule has 0 radical (unpaired) electrons. The van der Waals surface area contributed by atoms with Gasteiger partial charge in [-0.15, -0.1) is 0 Å². The Balaban J connectivity index is 1.85. The molecule has 3 aromatic rings. The monoisotopic (exact) mass is 506 g/mol. The first-order chi connectivity index (χ1) is 15.7. The van der Waals surface area contributed by atoms with E-state index in [1.165, 1.54) is 30.3 Å². The van der Waals surface area contributed by atoms with Crippen LogP contribution in [0.4, 0.5) is 5.69 Å². The number of carbonyl (C=O) groups excluding carboxylic acids is 1. The molecule has 3 aromatic carbocycles. The van der Waals surface area contributed by atoms with Crippen molar-refractivity contribution in [2.24, 2.45) is 0 Å². The van der Waals surface area contributed by atoms with E-state index in [-0.39, 0.29) is 26.7 Å². The van der Waals surface area contributed by atoms with Crippen LogP contribution in [0.25, 0.3) is 0 Å². The molecule has 174 valence electrons. The minimum absolute atomic E-state index is 0.0587. The van der Waals surface area contributed by atoms with Gasteiger partial charge in [0.15, 0.2) is 0 Å². The standard InChI is InChI=1S/C24H24Cl2N2O4S/c1-3-32-20-12-9-18(10-13-20)17(2)27-24(29)16-28(19-11-14-22(25)23(26)15-19)33(30,31)21-7-5-4-6-8-21/h4-15,17H,3,16H2,1-2H3,(H,27,29)/t17-/m0/s1. The summed E-state index contributed by atoms with van der Waals surface area (Å²) in [4.78, 5) is 13.0. The zero-order valence-corrected chi connectivity index (χ0v) is 20.5. The minimum atomic E-state index is -4.04. The van der Waals surface area contributed by atoms with Crippen molar-refractivity contribution >= 4 is 44.8 Å². The summed E-state index contributed by atoms with van der Waals surface area (Å²) in [5.41, 5.74) is 1.09. The highest BCUT2D eigenvalue weighted by molar-refractivity contribution is 7.92. The van der Waals surface area contributed by atoms with Crippen LogP contribution in [0, 0.1) is 0 Å². The van der Waals surface area contributed by atoms with Crippen molar-refractivity contribution in [2.75, 3.05) is 17.5 Å². The molecule has 1 N–H and O–H groups in total. The summed E-state index contributed by atoms with van der Waals surface area (Å²) in [5, 5.41) is 3.32. The minimum Gasteiger partial charge on any atom is -0.494 e. The molecule has 0 heterocycles. The molecule has 0 fully saturated rings. The number of benzene rings is 3. The van der Waals surface area contributed by atoms with Crippen LogP contribution in [0.15, 0.2) is 77.7 Å². The Morgan fingerprint density at radius 1 is 1.00 bits per heavy atom. The van der Waals surface area contributed by atoms with Gasteiger partial charge >= 0.3 is 0 Å². The summed E-state index contributed by atoms with van der Waals surface area (Å²) in [6, 6.07) is 19.3. The van der Waals surface area contributed by atoms with Crippen LogP contribution in [0.5, 0.6) is 5.75 Å². The first-order valence-electron chi connectivity index (χ1n) is 10.3. The van der Waals surface area contributed by atoms with E-state index < -0.39 is 22.5 Å². The molecule has 6 nitrogen and oxygen atoms in total. The number of hydrogen-bond acceptors (Lipinski definition) is 4. The summed E-state index contributed by atoms with van der Waals surface area (Å²) in [6.07, 6.45) is 0. The first kappa shape index (κ1) is 24.9. The number of amides is 1. The van der Waals surface area contributed by atoms with Gasteiger partial charge < -0.3 is 10.1 Å². The smallest absolute Gasteiger partial charge is 0.264 e. The van der Waals surface area contributed by atoms with E-state index in [4.69, 9.17) is 27.9 Å². The predicted octanol–water partition coefficient (Wildman–Crippen LogP) is 5.46. The van der Waals surface area contributed by atoms with Crippen molar-refractivity contribution in [3.63, 3.8) is 0 Å². The first-order valence-corrected chi connectivity index (χ1v) is 12.5. The number of ether oxygens (including phenoxy) is 1. The van der Waals surface area contributed by atoms with Crippen molar-refractivity contribution in [3.05, 3.63) is 88.4 Å². The van der Waals surface area contributed by atoms with Gasteiger partial charge in [0.2, 0.25) is 5.91 Å². The molecule has 1 atom stereocenters. The van der Waals surface area contributed by atoms with Gasteiger partial charge in [0.1, 0.15) is 12.3 Å². The highest BCUT2D eigenvalue weighted by atomic mass is 35.5. The van der Waals surface area contributed by atoms with Gasteiger partial charge in [0.05, 0.1) is 33.3 Å². The highest BCUT2D eigenvalue weighted by Crippen LogP contribution is 2.30. The Kier molecular flexibility index (Phi) is 8.24. The lowest BCUT2D eigenvalue weighted by molar-refractivity contribution is -0.120. The Morgan fingerprint density at radius 3 is 2.27 bits per heavy atom. The average Bonchev–Trinajstić information content (AvgIpc) is 2.80. The third kappa shape index (κ3) is 6.19. The average molecular weight is 507 g/mol. The third-order valence-corrected chi connectivity index (χ3v) is 7.41. The van der Waals surface area contributed by atoms with Crippen molar-refractivity contribution in [2.45, 2.75) is 24.8 Å². The predicted molar refractivity (Wildman–Crippen MR) is 132 cm³/mol. The van der Waals surface area contributed by atoms with Crippen molar-refractivity contribution < 1.29 is 17.9 Å². The third-order valence-electron chi connectivity index (χ3n) is 4.88. The van der Waals surface area contributed by atoms with Crippen molar-refractivity contribution in [1.29, 1.82) is 0 Å². The zero-order valence-electron chi connectivity index (χ0n) is 18.2. The van der Waals surface area contributed by atoms with E-state index >= 15 is 0 Å². The number of anilines is 1. The van der Waals surface area contributed by atoms with Crippen LogP contribution in [0.2, 0.25) is 10.0 Å². The van der Waals surface area contributed by atoms with E-state index in [9.17, 15) is 13.2 Å². The zero-order chi connectivity index (χ0) is 24.0. The molecule has 0 bridgehead atoms. The fourth-order valence-electron chi connectivity index (χ4n) is 3.20. The molecule has 0 aliphatic rings. The summed E-state index contributed by atoms with van der Waals surface area (Å²) in [7, 11) is -4.04. The Labute approximate surface area is 204 Å². The van der Waals surface area contributed by atoms with Crippen LogP contribution >= 0.6 is 23.2 Å². The van der Waals surface area contributed by atoms with Crippen molar-refractivity contribution in [3.8, 4) is 5.75 Å². The van der Waals surface area contributed by atoms with E-state index in [0.29, 0.717) is 6.61 Å². The molecule has 3 rings (SSSR count). The second-order valence-electron chi connectivity index (χ2n) is 7.21. The van der Waals surface area contributed by atoms with E-state index in [2.05, 4.69) is 5.32 Å². The molecule has 0 saturated heterocycles. The van der Waals surface area contributed by atoms with Crippen LogP contribution in [0.3, 0.4) is 0 Å². The number of halogens is 2. The molecule has 0 unspecified atom stereocenters. The fourth-order valence-corrected chi connectivity index (χ4v) is 4.92. The van der Waals surface area contributed by atoms with Gasteiger partial charge in [0, 0.05) is 0 Å². The van der Waals surface area contributed by atoms with Gasteiger partial charge in [-0.05, 0) is 61.9 Å². The lowest BCUT2D eigenvalue weighted by atomic mass is 10.1. The molecule has 33 heavy (non-hydrogen) atoms. The summed E-state index contributed by atoms with van der Waals surface area (Å²) < 4.78 is 33.2. The van der Waals surface area contributed by atoms with E-state index in [0.717, 1.165) is 15.6 Å². The van der Waals surface area contributed by atoms with Crippen LogP contribution in [-0.4, -0.2) is 27.5 Å². The number of rotatable bonds is 9. The topological polar surface area (TPSA) is 75.7 Å². The van der Waals surface area contributed by atoms with Crippen LogP contribution in [-0.2, 0) is 14.8 Å². The highest BCUT2D eigenvalue weighted by Gasteiger charge is 2.28. The summed E-state index contributed by atoms with van der Waals surface area (Å²) >= 11 is 12.1. The van der Waals surface area contributed by atoms with Gasteiger partial charge in [-0.25, -0.2) is 8.42 Å². The Morgan fingerprint density at radius 2 is 1.67 bits per heavy atom. The molecule has 1 amide bonds. The quantitative estimate of drug-likeness (QED) is 0.417. The van der Waals surface area contributed by atoms with Crippen molar-refractivity contribution in [1.82, 2.24) is 5.32 Å². The number of carbonyl (C=O) groups is 1. The molecule has 0 aromatic heterocycles. The summed E-state index contributed by atoms with van der Waals surface area (Å²) in [6.45, 7) is 3.85. The second kappa shape index (κ2) is 10.9. The molecule has 0 saturated carbocycles. The fraction of sp³-hybridized carbons (Fsp3) is 0.208. The molecule has 0 spiro atoms. The van der Waals surface area contributed by atoms with Crippen LogP contribution < -0.4 is 14.4 Å². The van der Waals surface area contributed by atoms with Gasteiger partial charge in [0.25, 0.3) is 10.0 Å². The number of sulfonamides is 1. The van der Waals surface area contributed by atoms with Gasteiger partial charge in [-0.2, -0.15) is 0 Å². The molecular weight excluding hydrogens is 483 g/mol. The second-order valence-corrected chi connectivity index (χ2v) is 9.89. The maximum atomic E-state index is 13.4. The number of hydrogen-bond donors (Lipinski definition) is 1. The lowest BCUT2D eigenvalue weighted by Crippen LogP contribution is -2.41. The summed E-state index contributed by atoms with van der Waals surface area (Å²) in [5.74, 6) is 0.265. The molecule has 0 aliphatic heterocycles. The number of nitrogens with one attached hydrogen (secondary N) is 1. The van der Waals surface area contributed by atoms with Gasteiger partial charge in [-0.3, -0.25) is 9.10 Å². The molecule has 9 heteroatoms. The molecular formula is C24H24Cl2N2O4S. The normalized spacial score (nSPS) is 12.1. The van der Waals surface area contributed by atoms with E-state index in [1.54, 1.807) is 18.2 Å². The number of nitrogens with zero attached hydrogens (tertiary/aromatic N) is 1. The Bertz CT molecular complexity index is 1200. The van der Waals surface area contributed by atoms with E-state index in [1.807, 2.05) is 38.1 Å².